The predicted octanol–water partition coefficient (Wildman–Crippen LogP) is 4.89. The Hall–Kier alpha value is -2.89. The van der Waals surface area contributed by atoms with Crippen LogP contribution in [-0.2, 0) is 17.9 Å². The predicted molar refractivity (Wildman–Crippen MR) is 118 cm³/mol. The molecule has 0 bridgehead atoms. The van der Waals surface area contributed by atoms with Crippen LogP contribution in [-0.4, -0.2) is 10.9 Å². The second-order valence-electron chi connectivity index (χ2n) is 6.70. The van der Waals surface area contributed by atoms with Crippen molar-refractivity contribution in [2.75, 3.05) is 5.32 Å². The van der Waals surface area contributed by atoms with Crippen LogP contribution in [0, 0.1) is 0 Å². The Kier molecular flexibility index (Phi) is 8.65. The van der Waals surface area contributed by atoms with E-state index in [0.717, 1.165) is 29.1 Å². The molecule has 2 N–H and O–H groups in total. The van der Waals surface area contributed by atoms with Gasteiger partial charge in [-0.3, -0.25) is 9.78 Å². The van der Waals surface area contributed by atoms with Crippen LogP contribution in [0.1, 0.15) is 36.6 Å². The minimum Gasteiger partial charge on any atom is -0.489 e. The molecule has 3 aromatic rings. The number of rotatable bonds is 8. The van der Waals surface area contributed by atoms with Gasteiger partial charge in [0.2, 0.25) is 5.91 Å². The number of halogens is 1. The molecule has 0 aliphatic rings. The summed E-state index contributed by atoms with van der Waals surface area (Å²) in [4.78, 5) is 15.2. The third kappa shape index (κ3) is 7.22. The molecule has 0 fully saturated rings. The largest absolute Gasteiger partial charge is 0.489 e. The van der Waals surface area contributed by atoms with Crippen LogP contribution in [0.4, 0.5) is 5.69 Å². The van der Waals surface area contributed by atoms with E-state index < -0.39 is 0 Å². The van der Waals surface area contributed by atoms with E-state index in [9.17, 15) is 4.79 Å². The van der Waals surface area contributed by atoms with Crippen molar-refractivity contribution in [3.8, 4) is 5.75 Å². The number of nitrogens with one attached hydrogen (secondary N) is 2. The first kappa shape index (κ1) is 22.4. The quantitative estimate of drug-likeness (QED) is 0.553. The lowest BCUT2D eigenvalue weighted by atomic mass is 10.1. The van der Waals surface area contributed by atoms with Gasteiger partial charge < -0.3 is 15.4 Å². The zero-order chi connectivity index (χ0) is 19.8. The molecule has 0 saturated heterocycles. The van der Waals surface area contributed by atoms with Gasteiger partial charge in [0.25, 0.3) is 0 Å². The summed E-state index contributed by atoms with van der Waals surface area (Å²) in [6.45, 7) is 4.90. The lowest BCUT2D eigenvalue weighted by Crippen LogP contribution is -2.18. The Bertz CT molecular complexity index is 902. The van der Waals surface area contributed by atoms with Crippen LogP contribution in [0.2, 0.25) is 0 Å². The summed E-state index contributed by atoms with van der Waals surface area (Å²) in [6, 6.07) is 20.0. The summed E-state index contributed by atoms with van der Waals surface area (Å²) in [7, 11) is 0. The van der Waals surface area contributed by atoms with Gasteiger partial charge in [0.1, 0.15) is 12.4 Å². The number of hydrogen-bond acceptors (Lipinski definition) is 4. The molecular formula is C23H26ClN3O2. The average Bonchev–Trinajstić information content (AvgIpc) is 2.72. The van der Waals surface area contributed by atoms with Crippen LogP contribution < -0.4 is 15.4 Å². The fourth-order valence-electron chi connectivity index (χ4n) is 2.83. The number of nitrogens with zero attached hydrogens (tertiary/aromatic N) is 1. The first-order valence-corrected chi connectivity index (χ1v) is 9.32. The third-order valence-corrected chi connectivity index (χ3v) is 4.40. The van der Waals surface area contributed by atoms with E-state index in [-0.39, 0.29) is 24.4 Å². The van der Waals surface area contributed by atoms with Crippen molar-refractivity contribution in [2.24, 2.45) is 0 Å². The zero-order valence-electron chi connectivity index (χ0n) is 16.6. The summed E-state index contributed by atoms with van der Waals surface area (Å²) >= 11 is 0. The summed E-state index contributed by atoms with van der Waals surface area (Å²) < 4.78 is 5.80. The number of pyridine rings is 1. The van der Waals surface area contributed by atoms with Crippen molar-refractivity contribution < 1.29 is 9.53 Å². The van der Waals surface area contributed by atoms with Gasteiger partial charge in [-0.2, -0.15) is 0 Å². The van der Waals surface area contributed by atoms with E-state index in [4.69, 9.17) is 4.74 Å². The maximum absolute atomic E-state index is 11.2. The number of aromatic nitrogens is 1. The highest BCUT2D eigenvalue weighted by molar-refractivity contribution is 5.88. The summed E-state index contributed by atoms with van der Waals surface area (Å²) in [5.41, 5.74) is 4.22. The molecule has 0 saturated carbocycles. The molecule has 1 heterocycles. The molecule has 1 atom stereocenters. The van der Waals surface area contributed by atoms with Crippen LogP contribution in [0.5, 0.6) is 5.75 Å². The molecule has 3 rings (SSSR count). The highest BCUT2D eigenvalue weighted by Crippen LogP contribution is 2.19. The van der Waals surface area contributed by atoms with Crippen molar-refractivity contribution in [1.29, 1.82) is 0 Å². The smallest absolute Gasteiger partial charge is 0.221 e. The highest BCUT2D eigenvalue weighted by Gasteiger charge is 2.07. The lowest BCUT2D eigenvalue weighted by Gasteiger charge is -2.16. The molecule has 1 unspecified atom stereocenters. The molecule has 1 amide bonds. The second-order valence-corrected chi connectivity index (χ2v) is 6.70. The number of ether oxygens (including phenoxy) is 1. The number of anilines is 1. The van der Waals surface area contributed by atoms with Crippen molar-refractivity contribution in [1.82, 2.24) is 10.3 Å². The zero-order valence-corrected chi connectivity index (χ0v) is 17.4. The van der Waals surface area contributed by atoms with E-state index >= 15 is 0 Å². The summed E-state index contributed by atoms with van der Waals surface area (Å²) in [5, 5.41) is 6.33. The molecule has 0 radical (unpaired) electrons. The number of carbonyl (C=O) groups is 1. The third-order valence-electron chi connectivity index (χ3n) is 4.40. The van der Waals surface area contributed by atoms with Gasteiger partial charge >= 0.3 is 0 Å². The standard InChI is InChI=1S/C23H25N3O2.ClH/c1-17(21-4-3-5-22(14-21)26-18(2)27)25-15-19-6-8-23(9-7-19)28-16-20-10-12-24-13-11-20;/h3-14,17,25H,15-16H2,1-2H3,(H,26,27);1H. The minimum absolute atomic E-state index is 0. The normalized spacial score (nSPS) is 11.2. The molecule has 29 heavy (non-hydrogen) atoms. The Morgan fingerprint density at radius 3 is 2.45 bits per heavy atom. The van der Waals surface area contributed by atoms with E-state index in [0.29, 0.717) is 6.61 Å². The Balaban J connectivity index is 0.00000300. The van der Waals surface area contributed by atoms with E-state index in [2.05, 4.69) is 40.7 Å². The van der Waals surface area contributed by atoms with Gasteiger partial charge in [-0.15, -0.1) is 12.4 Å². The Morgan fingerprint density at radius 2 is 1.76 bits per heavy atom. The molecule has 0 aliphatic heterocycles. The fraction of sp³-hybridized carbons (Fsp3) is 0.217. The highest BCUT2D eigenvalue weighted by atomic mass is 35.5. The van der Waals surface area contributed by atoms with Crippen LogP contribution >= 0.6 is 12.4 Å². The number of carbonyl (C=O) groups excluding carboxylic acids is 1. The average molecular weight is 412 g/mol. The van der Waals surface area contributed by atoms with Crippen molar-refractivity contribution >= 4 is 24.0 Å². The van der Waals surface area contributed by atoms with Gasteiger partial charge in [0.05, 0.1) is 0 Å². The van der Waals surface area contributed by atoms with Crippen molar-refractivity contribution in [3.63, 3.8) is 0 Å². The molecule has 152 valence electrons. The molecule has 5 nitrogen and oxygen atoms in total. The monoisotopic (exact) mass is 411 g/mol. The van der Waals surface area contributed by atoms with Crippen LogP contribution in [0.15, 0.2) is 73.1 Å². The Morgan fingerprint density at radius 1 is 1.03 bits per heavy atom. The van der Waals surface area contributed by atoms with Crippen LogP contribution in [0.3, 0.4) is 0 Å². The SMILES string of the molecule is CC(=O)Nc1cccc(C(C)NCc2ccc(OCc3ccncc3)cc2)c1.Cl. The van der Waals surface area contributed by atoms with E-state index in [1.807, 2.05) is 42.5 Å². The topological polar surface area (TPSA) is 63.2 Å². The molecule has 2 aromatic carbocycles. The first-order chi connectivity index (χ1) is 13.6. The van der Waals surface area contributed by atoms with Gasteiger partial charge in [0.15, 0.2) is 0 Å². The van der Waals surface area contributed by atoms with E-state index in [1.54, 1.807) is 12.4 Å². The van der Waals surface area contributed by atoms with Crippen molar-refractivity contribution in [3.05, 3.63) is 89.7 Å². The fourth-order valence-corrected chi connectivity index (χ4v) is 2.83. The van der Waals surface area contributed by atoms with Gasteiger partial charge in [-0.05, 0) is 60.0 Å². The second kappa shape index (κ2) is 11.2. The maximum Gasteiger partial charge on any atom is 0.221 e. The van der Waals surface area contributed by atoms with Gasteiger partial charge in [-0.25, -0.2) is 0 Å². The number of benzene rings is 2. The van der Waals surface area contributed by atoms with Gasteiger partial charge in [0, 0.05) is 37.6 Å². The molecule has 6 heteroatoms. The summed E-state index contributed by atoms with van der Waals surface area (Å²) in [5.74, 6) is 0.778. The molecule has 1 aromatic heterocycles. The molecule has 0 aliphatic carbocycles. The lowest BCUT2D eigenvalue weighted by molar-refractivity contribution is -0.114. The number of amides is 1. The molecular weight excluding hydrogens is 386 g/mol. The minimum atomic E-state index is -0.0657. The maximum atomic E-state index is 11.2. The van der Waals surface area contributed by atoms with E-state index in [1.165, 1.54) is 12.5 Å². The van der Waals surface area contributed by atoms with Crippen LogP contribution in [0.25, 0.3) is 0 Å². The summed E-state index contributed by atoms with van der Waals surface area (Å²) in [6.07, 6.45) is 3.53. The van der Waals surface area contributed by atoms with Crippen molar-refractivity contribution in [2.45, 2.75) is 33.0 Å². The van der Waals surface area contributed by atoms with Gasteiger partial charge in [-0.1, -0.05) is 24.3 Å². The first-order valence-electron chi connectivity index (χ1n) is 9.32. The number of hydrogen-bond donors (Lipinski definition) is 2. The molecule has 0 spiro atoms. The Labute approximate surface area is 177 Å².